The van der Waals surface area contributed by atoms with Crippen molar-refractivity contribution in [1.82, 2.24) is 14.8 Å². The number of aromatic amines is 1. The van der Waals surface area contributed by atoms with Crippen molar-refractivity contribution in [2.45, 2.75) is 31.7 Å². The zero-order chi connectivity index (χ0) is 27.0. The van der Waals surface area contributed by atoms with Crippen LogP contribution in [-0.4, -0.2) is 52.7 Å². The van der Waals surface area contributed by atoms with Gasteiger partial charge in [-0.2, -0.15) is 0 Å². The van der Waals surface area contributed by atoms with E-state index in [0.29, 0.717) is 29.4 Å². The smallest absolute Gasteiger partial charge is 0.265 e. The highest BCUT2D eigenvalue weighted by atomic mass is 19.1. The number of carbonyl (C=O) groups is 1. The van der Waals surface area contributed by atoms with Crippen LogP contribution in [0.1, 0.15) is 36.5 Å². The normalized spacial score (nSPS) is 18.2. The highest BCUT2D eigenvalue weighted by Crippen LogP contribution is 2.41. The minimum atomic E-state index is -1.34. The van der Waals surface area contributed by atoms with Gasteiger partial charge in [-0.1, -0.05) is 42.5 Å². The summed E-state index contributed by atoms with van der Waals surface area (Å²) in [5.41, 5.74) is 2.34. The topological polar surface area (TPSA) is 51.7 Å². The first-order chi connectivity index (χ1) is 18.9. The van der Waals surface area contributed by atoms with E-state index >= 15 is 0 Å². The number of carbonyl (C=O) groups excluding carboxylic acids is 1. The van der Waals surface area contributed by atoms with Crippen LogP contribution in [0.25, 0.3) is 10.9 Å². The number of amides is 1. The molecule has 1 amide bonds. The second kappa shape index (κ2) is 10.4. The molecule has 0 atom stereocenters. The molecule has 1 aromatic heterocycles. The van der Waals surface area contributed by atoms with Crippen molar-refractivity contribution in [1.29, 1.82) is 0 Å². The summed E-state index contributed by atoms with van der Waals surface area (Å²) in [6.45, 7) is 5.44. The first-order valence-corrected chi connectivity index (χ1v) is 13.6. The number of aromatic nitrogens is 1. The first-order valence-electron chi connectivity index (χ1n) is 13.6. The quantitative estimate of drug-likeness (QED) is 0.326. The lowest BCUT2D eigenvalue weighted by Crippen LogP contribution is -2.45. The van der Waals surface area contributed by atoms with Crippen molar-refractivity contribution in [3.05, 3.63) is 107 Å². The summed E-state index contributed by atoms with van der Waals surface area (Å²) in [7, 11) is 0. The van der Waals surface area contributed by atoms with E-state index < -0.39 is 5.54 Å². The lowest BCUT2D eigenvalue weighted by molar-refractivity contribution is -0.130. The molecule has 4 aromatic rings. The number of likely N-dealkylation sites (tertiary alicyclic amines) is 1. The van der Waals surface area contributed by atoms with Crippen LogP contribution in [0.2, 0.25) is 0 Å². The van der Waals surface area contributed by atoms with E-state index in [-0.39, 0.29) is 17.5 Å². The van der Waals surface area contributed by atoms with Gasteiger partial charge in [-0.3, -0.25) is 9.69 Å². The Morgan fingerprint density at radius 3 is 2.18 bits per heavy atom. The average molecular weight is 527 g/mol. The maximum Gasteiger partial charge on any atom is 0.265 e. The molecule has 200 valence electrons. The van der Waals surface area contributed by atoms with E-state index in [1.54, 1.807) is 29.2 Å². The maximum atomic E-state index is 14.1. The van der Waals surface area contributed by atoms with Crippen molar-refractivity contribution in [2.24, 2.45) is 10.9 Å². The van der Waals surface area contributed by atoms with E-state index in [0.717, 1.165) is 38.9 Å². The predicted molar refractivity (Wildman–Crippen MR) is 150 cm³/mol. The fraction of sp³-hybridized carbons (Fsp3) is 0.312. The summed E-state index contributed by atoms with van der Waals surface area (Å²) in [4.78, 5) is 26.6. The third kappa shape index (κ3) is 4.76. The van der Waals surface area contributed by atoms with Gasteiger partial charge >= 0.3 is 0 Å². The molecule has 3 aromatic carbocycles. The number of hydrogen-bond acceptors (Lipinski definition) is 3. The molecule has 1 fully saturated rings. The molecule has 6 rings (SSSR count). The van der Waals surface area contributed by atoms with Crippen molar-refractivity contribution in [3.8, 4) is 0 Å². The second-order valence-corrected chi connectivity index (χ2v) is 10.7. The number of nitrogens with one attached hydrogen (secondary N) is 1. The molecular formula is C32H32F2N4O. The Kier molecular flexibility index (Phi) is 6.77. The van der Waals surface area contributed by atoms with Crippen molar-refractivity contribution in [3.63, 3.8) is 0 Å². The molecule has 2 aliphatic rings. The standard InChI is InChI=1S/C32H32F2N4O/c1-22-36-32(25-6-10-27(33)11-7-25,26-8-12-28(34)13-9-26)31(39)38(22)21-23-14-17-37(18-15-23)19-16-24-20-35-30-5-3-2-4-29(24)30/h2-13,20,23,35H,14-19,21H2,1H3. The number of fused-ring (bicyclic) bond motifs is 1. The summed E-state index contributed by atoms with van der Waals surface area (Å²) >= 11 is 0. The Hall–Kier alpha value is -3.84. The van der Waals surface area contributed by atoms with E-state index in [2.05, 4.69) is 34.3 Å². The number of hydrogen-bond donors (Lipinski definition) is 1. The van der Waals surface area contributed by atoms with Crippen molar-refractivity contribution < 1.29 is 13.6 Å². The molecule has 1 N–H and O–H groups in total. The Bertz CT molecular complexity index is 1460. The Morgan fingerprint density at radius 2 is 1.54 bits per heavy atom. The first kappa shape index (κ1) is 25.4. The molecule has 7 heteroatoms. The highest BCUT2D eigenvalue weighted by molar-refractivity contribution is 6.09. The number of para-hydroxylation sites is 1. The van der Waals surface area contributed by atoms with E-state index in [4.69, 9.17) is 4.99 Å². The molecule has 0 bridgehead atoms. The Labute approximate surface area is 227 Å². The summed E-state index contributed by atoms with van der Waals surface area (Å²) in [6, 6.07) is 20.2. The molecule has 39 heavy (non-hydrogen) atoms. The van der Waals surface area contributed by atoms with E-state index in [9.17, 15) is 13.6 Å². The minimum Gasteiger partial charge on any atom is -0.361 e. The van der Waals surface area contributed by atoms with Crippen molar-refractivity contribution in [2.75, 3.05) is 26.2 Å². The second-order valence-electron chi connectivity index (χ2n) is 10.7. The van der Waals surface area contributed by atoms with Crippen LogP contribution >= 0.6 is 0 Å². The molecule has 5 nitrogen and oxygen atoms in total. The number of piperidine rings is 1. The van der Waals surface area contributed by atoms with Crippen LogP contribution in [0.4, 0.5) is 8.78 Å². The zero-order valence-corrected chi connectivity index (χ0v) is 22.0. The number of H-pyrrole nitrogens is 1. The monoisotopic (exact) mass is 526 g/mol. The van der Waals surface area contributed by atoms with Crippen LogP contribution in [-0.2, 0) is 16.8 Å². The van der Waals surface area contributed by atoms with Crippen LogP contribution in [0.3, 0.4) is 0 Å². The SMILES string of the molecule is CC1=NC(c2ccc(F)cc2)(c2ccc(F)cc2)C(=O)N1CC1CCN(CCc2c[nH]c3ccccc23)CC1. The molecule has 0 aliphatic carbocycles. The third-order valence-electron chi connectivity index (χ3n) is 8.32. The van der Waals surface area contributed by atoms with Gasteiger partial charge in [-0.15, -0.1) is 0 Å². The van der Waals surface area contributed by atoms with Crippen LogP contribution in [0, 0.1) is 17.6 Å². The molecule has 1 saturated heterocycles. The van der Waals surface area contributed by atoms with Gasteiger partial charge in [-0.25, -0.2) is 13.8 Å². The van der Waals surface area contributed by atoms with Gasteiger partial charge in [0.25, 0.3) is 5.91 Å². The summed E-state index contributed by atoms with van der Waals surface area (Å²) in [6.07, 6.45) is 5.13. The molecule has 0 radical (unpaired) electrons. The summed E-state index contributed by atoms with van der Waals surface area (Å²) in [5, 5.41) is 1.29. The molecule has 0 spiro atoms. The summed E-state index contributed by atoms with van der Waals surface area (Å²) < 4.78 is 27.5. The maximum absolute atomic E-state index is 14.1. The van der Waals surface area contributed by atoms with Crippen LogP contribution in [0.15, 0.2) is 84.0 Å². The number of benzene rings is 3. The Balaban J connectivity index is 1.14. The van der Waals surface area contributed by atoms with Gasteiger partial charge in [0.05, 0.1) is 0 Å². The minimum absolute atomic E-state index is 0.167. The molecule has 0 saturated carbocycles. The third-order valence-corrected chi connectivity index (χ3v) is 8.32. The van der Waals surface area contributed by atoms with Crippen LogP contribution < -0.4 is 0 Å². The van der Waals surface area contributed by atoms with Gasteiger partial charge in [0.2, 0.25) is 0 Å². The zero-order valence-electron chi connectivity index (χ0n) is 22.0. The largest absolute Gasteiger partial charge is 0.361 e. The molecule has 3 heterocycles. The number of rotatable bonds is 7. The predicted octanol–water partition coefficient (Wildman–Crippen LogP) is 5.91. The highest BCUT2D eigenvalue weighted by Gasteiger charge is 2.50. The number of aliphatic imine (C=N–C) groups is 1. The van der Waals surface area contributed by atoms with Gasteiger partial charge in [0.15, 0.2) is 5.54 Å². The number of nitrogens with zero attached hydrogens (tertiary/aromatic N) is 3. The fourth-order valence-electron chi connectivity index (χ4n) is 6.10. The lowest BCUT2D eigenvalue weighted by Gasteiger charge is -2.34. The Morgan fingerprint density at radius 1 is 0.923 bits per heavy atom. The number of amidine groups is 1. The van der Waals surface area contributed by atoms with Crippen LogP contribution in [0.5, 0.6) is 0 Å². The van der Waals surface area contributed by atoms with Crippen molar-refractivity contribution >= 4 is 22.6 Å². The van der Waals surface area contributed by atoms with Gasteiger partial charge in [-0.05, 0) is 92.2 Å². The molecular weight excluding hydrogens is 494 g/mol. The molecule has 0 unspecified atom stereocenters. The number of halogens is 2. The lowest BCUT2D eigenvalue weighted by atomic mass is 9.82. The average Bonchev–Trinajstić information content (AvgIpc) is 3.48. The van der Waals surface area contributed by atoms with Gasteiger partial charge < -0.3 is 9.88 Å². The van der Waals surface area contributed by atoms with E-state index in [1.165, 1.54) is 40.7 Å². The molecule has 2 aliphatic heterocycles. The van der Waals surface area contributed by atoms with Gasteiger partial charge in [0.1, 0.15) is 17.5 Å². The summed E-state index contributed by atoms with van der Waals surface area (Å²) in [5.74, 6) is 0.0657. The van der Waals surface area contributed by atoms with Gasteiger partial charge in [0, 0.05) is 30.2 Å². The fourth-order valence-corrected chi connectivity index (χ4v) is 6.10. The van der Waals surface area contributed by atoms with E-state index in [1.807, 2.05) is 13.0 Å².